The molecule has 0 aromatic carbocycles. The van der Waals surface area contributed by atoms with Crippen molar-refractivity contribution >= 4 is 17.2 Å². The number of rotatable bonds is 1. The summed E-state index contributed by atoms with van der Waals surface area (Å²) in [7, 11) is 0. The molecular weight excluding hydrogens is 203 g/mol. The molecule has 13 heavy (non-hydrogen) atoms. The molecular formula is C7H10F3NOS. The summed E-state index contributed by atoms with van der Waals surface area (Å²) in [5.74, 6) is 0. The Hall–Kier alpha value is -0.360. The largest absolute Gasteiger partial charge is 0.416 e. The van der Waals surface area contributed by atoms with E-state index in [0.717, 1.165) is 0 Å². The number of nitrogens with one attached hydrogen (secondary N) is 1. The van der Waals surface area contributed by atoms with Crippen molar-refractivity contribution < 1.29 is 17.9 Å². The molecule has 0 aliphatic carbocycles. The molecule has 1 saturated heterocycles. The lowest BCUT2D eigenvalue weighted by Crippen LogP contribution is -2.53. The Morgan fingerprint density at radius 2 is 2.23 bits per heavy atom. The van der Waals surface area contributed by atoms with Gasteiger partial charge < -0.3 is 10.1 Å². The molecule has 0 spiro atoms. The van der Waals surface area contributed by atoms with Gasteiger partial charge in [-0.25, -0.2) is 0 Å². The first kappa shape index (κ1) is 10.7. The van der Waals surface area contributed by atoms with Crippen LogP contribution in [0.15, 0.2) is 0 Å². The van der Waals surface area contributed by atoms with E-state index in [1.165, 1.54) is 0 Å². The molecule has 2 atom stereocenters. The number of thiocarbonyl (C=S) groups is 1. The summed E-state index contributed by atoms with van der Waals surface area (Å²) >= 11 is 4.80. The summed E-state index contributed by atoms with van der Waals surface area (Å²) in [6.45, 7) is 1.45. The topological polar surface area (TPSA) is 21.3 Å². The van der Waals surface area contributed by atoms with Crippen LogP contribution in [0.4, 0.5) is 13.2 Å². The van der Waals surface area contributed by atoms with Crippen molar-refractivity contribution in [3.05, 3.63) is 0 Å². The fourth-order valence-electron chi connectivity index (χ4n) is 1.09. The molecule has 1 fully saturated rings. The Morgan fingerprint density at radius 3 is 2.69 bits per heavy atom. The van der Waals surface area contributed by atoms with E-state index in [0.29, 0.717) is 11.4 Å². The number of ether oxygens (including phenoxy) is 1. The first-order chi connectivity index (χ1) is 5.95. The lowest BCUT2D eigenvalue weighted by molar-refractivity contribution is -0.227. The van der Waals surface area contributed by atoms with Crippen LogP contribution in [0.1, 0.15) is 13.3 Å². The summed E-state index contributed by atoms with van der Waals surface area (Å²) in [5, 5.41) is 2.53. The Kier molecular flexibility index (Phi) is 3.13. The summed E-state index contributed by atoms with van der Waals surface area (Å²) in [6, 6.07) is 0. The first-order valence-corrected chi connectivity index (χ1v) is 4.36. The van der Waals surface area contributed by atoms with E-state index >= 15 is 0 Å². The molecule has 0 amide bonds. The van der Waals surface area contributed by atoms with E-state index in [2.05, 4.69) is 5.32 Å². The smallest absolute Gasteiger partial charge is 0.375 e. The second kappa shape index (κ2) is 3.79. The molecule has 0 unspecified atom stereocenters. The van der Waals surface area contributed by atoms with Crippen LogP contribution in [0.25, 0.3) is 0 Å². The molecule has 0 aromatic heterocycles. The summed E-state index contributed by atoms with van der Waals surface area (Å²) in [4.78, 5) is 0.364. The van der Waals surface area contributed by atoms with E-state index in [9.17, 15) is 13.2 Å². The van der Waals surface area contributed by atoms with Crippen molar-refractivity contribution in [2.45, 2.75) is 31.7 Å². The maximum atomic E-state index is 12.2. The Bertz CT molecular complexity index is 206. The monoisotopic (exact) mass is 213 g/mol. The standard InChI is InChI=1S/C7H10F3NOS/c1-2-4-6(13)11-3-5(12-4)7(8,9)10/h4-5H,2-3H2,1H3,(H,11,13)/t4-,5+/m1/s1. The van der Waals surface area contributed by atoms with Crippen LogP contribution < -0.4 is 5.32 Å². The van der Waals surface area contributed by atoms with Crippen LogP contribution in [0, 0.1) is 0 Å². The molecule has 1 N–H and O–H groups in total. The fraction of sp³-hybridized carbons (Fsp3) is 0.857. The maximum Gasteiger partial charge on any atom is 0.416 e. The number of hydrogen-bond donors (Lipinski definition) is 1. The van der Waals surface area contributed by atoms with Gasteiger partial charge in [0.2, 0.25) is 0 Å². The molecule has 76 valence electrons. The minimum Gasteiger partial charge on any atom is -0.375 e. The van der Waals surface area contributed by atoms with Crippen molar-refractivity contribution in [3.63, 3.8) is 0 Å². The van der Waals surface area contributed by atoms with Crippen molar-refractivity contribution in [1.29, 1.82) is 0 Å². The van der Waals surface area contributed by atoms with Gasteiger partial charge in [0, 0.05) is 0 Å². The Labute approximate surface area is 79.4 Å². The van der Waals surface area contributed by atoms with E-state index in [1.54, 1.807) is 6.92 Å². The second-order valence-electron chi connectivity index (χ2n) is 2.81. The van der Waals surface area contributed by atoms with E-state index in [-0.39, 0.29) is 6.54 Å². The molecule has 1 heterocycles. The highest BCUT2D eigenvalue weighted by molar-refractivity contribution is 7.80. The molecule has 0 bridgehead atoms. The predicted octanol–water partition coefficient (Wildman–Crippen LogP) is 1.64. The van der Waals surface area contributed by atoms with Crippen molar-refractivity contribution in [3.8, 4) is 0 Å². The molecule has 1 aliphatic rings. The van der Waals surface area contributed by atoms with Gasteiger partial charge in [-0.05, 0) is 6.42 Å². The molecule has 0 saturated carbocycles. The van der Waals surface area contributed by atoms with Crippen LogP contribution in [0.3, 0.4) is 0 Å². The number of morpholine rings is 1. The molecule has 6 heteroatoms. The van der Waals surface area contributed by atoms with Gasteiger partial charge >= 0.3 is 6.18 Å². The minimum absolute atomic E-state index is 0.279. The third-order valence-corrected chi connectivity index (χ3v) is 2.23. The average molecular weight is 213 g/mol. The van der Waals surface area contributed by atoms with E-state index in [4.69, 9.17) is 17.0 Å². The number of alkyl halides is 3. The van der Waals surface area contributed by atoms with Gasteiger partial charge in [0.1, 0.15) is 11.1 Å². The zero-order chi connectivity index (χ0) is 10.1. The summed E-state index contributed by atoms with van der Waals surface area (Å²) in [5.41, 5.74) is 0. The molecule has 0 radical (unpaired) electrons. The summed E-state index contributed by atoms with van der Waals surface area (Å²) in [6.07, 6.45) is -6.19. The van der Waals surface area contributed by atoms with Crippen molar-refractivity contribution in [2.24, 2.45) is 0 Å². The van der Waals surface area contributed by atoms with Gasteiger partial charge in [-0.2, -0.15) is 13.2 Å². The van der Waals surface area contributed by atoms with Crippen LogP contribution in [-0.4, -0.2) is 29.9 Å². The highest BCUT2D eigenvalue weighted by atomic mass is 32.1. The predicted molar refractivity (Wildman–Crippen MR) is 45.6 cm³/mol. The first-order valence-electron chi connectivity index (χ1n) is 3.95. The zero-order valence-corrected chi connectivity index (χ0v) is 7.84. The highest BCUT2D eigenvalue weighted by Gasteiger charge is 2.44. The van der Waals surface area contributed by atoms with Gasteiger partial charge in [-0.3, -0.25) is 0 Å². The van der Waals surface area contributed by atoms with Gasteiger partial charge in [0.15, 0.2) is 6.10 Å². The van der Waals surface area contributed by atoms with Crippen LogP contribution in [0.5, 0.6) is 0 Å². The maximum absolute atomic E-state index is 12.2. The summed E-state index contributed by atoms with van der Waals surface area (Å²) < 4.78 is 41.3. The molecule has 1 aliphatic heterocycles. The average Bonchev–Trinajstić information content (AvgIpc) is 2.03. The molecule has 1 rings (SSSR count). The van der Waals surface area contributed by atoms with E-state index in [1.807, 2.05) is 0 Å². The third-order valence-electron chi connectivity index (χ3n) is 1.82. The lowest BCUT2D eigenvalue weighted by atomic mass is 10.2. The normalized spacial score (nSPS) is 30.0. The van der Waals surface area contributed by atoms with Crippen molar-refractivity contribution in [1.82, 2.24) is 5.32 Å². The van der Waals surface area contributed by atoms with Gasteiger partial charge in [0.25, 0.3) is 0 Å². The zero-order valence-electron chi connectivity index (χ0n) is 7.02. The quantitative estimate of drug-likeness (QED) is 0.669. The fourth-order valence-corrected chi connectivity index (χ4v) is 1.40. The number of halogens is 3. The van der Waals surface area contributed by atoms with Crippen molar-refractivity contribution in [2.75, 3.05) is 6.54 Å². The highest BCUT2D eigenvalue weighted by Crippen LogP contribution is 2.26. The lowest BCUT2D eigenvalue weighted by Gasteiger charge is -2.32. The number of hydrogen-bond acceptors (Lipinski definition) is 2. The van der Waals surface area contributed by atoms with Crippen LogP contribution in [-0.2, 0) is 4.74 Å². The second-order valence-corrected chi connectivity index (χ2v) is 3.25. The minimum atomic E-state index is -4.31. The van der Waals surface area contributed by atoms with Gasteiger partial charge in [-0.1, -0.05) is 19.1 Å². The van der Waals surface area contributed by atoms with Crippen LogP contribution >= 0.6 is 12.2 Å². The Morgan fingerprint density at radius 1 is 1.62 bits per heavy atom. The van der Waals surface area contributed by atoms with Gasteiger partial charge in [-0.15, -0.1) is 0 Å². The molecule has 0 aromatic rings. The van der Waals surface area contributed by atoms with E-state index < -0.39 is 18.4 Å². The Balaban J connectivity index is 2.60. The molecule has 2 nitrogen and oxygen atoms in total. The third kappa shape index (κ3) is 2.54. The SMILES string of the molecule is CC[C@H]1O[C@H](C(F)(F)F)CNC1=S. The van der Waals surface area contributed by atoms with Crippen LogP contribution in [0.2, 0.25) is 0 Å². The van der Waals surface area contributed by atoms with Gasteiger partial charge in [0.05, 0.1) is 6.54 Å².